The molecule has 0 aliphatic carbocycles. The van der Waals surface area contributed by atoms with Gasteiger partial charge in [0.1, 0.15) is 0 Å². The summed E-state index contributed by atoms with van der Waals surface area (Å²) in [5.41, 5.74) is -0.189. The lowest BCUT2D eigenvalue weighted by atomic mass is 9.79. The van der Waals surface area contributed by atoms with Gasteiger partial charge in [0.25, 0.3) is 0 Å². The molecule has 1 aromatic heterocycles. The molecule has 0 amide bonds. The van der Waals surface area contributed by atoms with Gasteiger partial charge in [-0.3, -0.25) is 0 Å². The Kier molecular flexibility index (Phi) is 14.1. The van der Waals surface area contributed by atoms with Crippen LogP contribution < -0.4 is 36.0 Å². The van der Waals surface area contributed by atoms with Crippen molar-refractivity contribution in [2.24, 2.45) is 5.92 Å². The second kappa shape index (κ2) is 17.0. The predicted molar refractivity (Wildman–Crippen MR) is 193 cm³/mol. The lowest BCUT2D eigenvalue weighted by molar-refractivity contribution is -0.312. The third-order valence-corrected chi connectivity index (χ3v) is 10.1. The lowest BCUT2D eigenvalue weighted by Crippen LogP contribution is -2.62. The van der Waals surface area contributed by atoms with E-state index in [1.54, 1.807) is 0 Å². The summed E-state index contributed by atoms with van der Waals surface area (Å²) in [6, 6.07) is 0.462. The molecule has 2 fully saturated rings. The molecule has 2 aliphatic heterocycles. The average molecular weight is 687 g/mol. The maximum Gasteiger partial charge on any atom is 0.232 e. The number of aromatic nitrogens is 3. The molecule has 49 heavy (non-hydrogen) atoms. The van der Waals surface area contributed by atoms with Gasteiger partial charge in [-0.15, -0.1) is 0 Å². The van der Waals surface area contributed by atoms with Crippen LogP contribution in [0.2, 0.25) is 0 Å². The fraction of sp³-hybridized carbons (Fsp3) is 0.865. The smallest absolute Gasteiger partial charge is 0.232 e. The van der Waals surface area contributed by atoms with Crippen LogP contribution in [0.3, 0.4) is 0 Å². The SMILES string of the molecule is CCN(c1nc(NCCC(CCCCCCCC(=O)[O-])C(=O)[O-])nc(N(CC)C2CC(C)(C)NC(C)(C)C2)n1)C1CC(C)(C)NC(C)(C)C1. The zero-order chi connectivity index (χ0) is 36.6. The molecular weight excluding hydrogens is 620 g/mol. The highest BCUT2D eigenvalue weighted by atomic mass is 16.4. The van der Waals surface area contributed by atoms with Crippen LogP contribution in [0.5, 0.6) is 0 Å². The summed E-state index contributed by atoms with van der Waals surface area (Å²) in [7, 11) is 0. The lowest BCUT2D eigenvalue weighted by Gasteiger charge is -2.50. The number of aliphatic carboxylic acids is 2. The van der Waals surface area contributed by atoms with Crippen LogP contribution in [-0.4, -0.2) is 80.8 Å². The summed E-state index contributed by atoms with van der Waals surface area (Å²) < 4.78 is 0. The predicted octanol–water partition coefficient (Wildman–Crippen LogP) is 3.79. The second-order valence-electron chi connectivity index (χ2n) is 17.2. The van der Waals surface area contributed by atoms with Crippen molar-refractivity contribution in [1.29, 1.82) is 0 Å². The third-order valence-electron chi connectivity index (χ3n) is 10.1. The van der Waals surface area contributed by atoms with Gasteiger partial charge in [-0.2, -0.15) is 15.0 Å². The minimum Gasteiger partial charge on any atom is -0.550 e. The Morgan fingerprint density at radius 3 is 1.55 bits per heavy atom. The molecule has 280 valence electrons. The first-order valence-electron chi connectivity index (χ1n) is 18.8. The van der Waals surface area contributed by atoms with E-state index in [0.717, 1.165) is 64.5 Å². The van der Waals surface area contributed by atoms with Gasteiger partial charge in [0.05, 0.1) is 0 Å². The molecule has 0 bridgehead atoms. The number of anilines is 3. The molecule has 0 spiro atoms. The molecule has 1 aromatic rings. The number of carboxylic acids is 2. The van der Waals surface area contributed by atoms with Gasteiger partial charge in [-0.1, -0.05) is 25.7 Å². The number of hydrogen-bond donors (Lipinski definition) is 3. The van der Waals surface area contributed by atoms with Gasteiger partial charge < -0.3 is 45.6 Å². The maximum atomic E-state index is 12.0. The van der Waals surface area contributed by atoms with E-state index in [1.807, 2.05) is 0 Å². The Balaban J connectivity index is 1.85. The first-order chi connectivity index (χ1) is 22.8. The van der Waals surface area contributed by atoms with Crippen molar-refractivity contribution in [1.82, 2.24) is 25.6 Å². The van der Waals surface area contributed by atoms with Gasteiger partial charge in [-0.25, -0.2) is 0 Å². The van der Waals surface area contributed by atoms with Crippen molar-refractivity contribution in [2.75, 3.05) is 34.8 Å². The van der Waals surface area contributed by atoms with E-state index < -0.39 is 17.9 Å². The minimum absolute atomic E-state index is 0.0473. The van der Waals surface area contributed by atoms with Gasteiger partial charge in [-0.05, 0) is 121 Å². The van der Waals surface area contributed by atoms with Crippen molar-refractivity contribution < 1.29 is 19.8 Å². The number of nitrogens with one attached hydrogen (secondary N) is 3. The summed E-state index contributed by atoms with van der Waals surface area (Å²) in [5, 5.41) is 33.6. The van der Waals surface area contributed by atoms with Gasteiger partial charge in [0.15, 0.2) is 0 Å². The van der Waals surface area contributed by atoms with Crippen LogP contribution in [0, 0.1) is 5.92 Å². The largest absolute Gasteiger partial charge is 0.550 e. The quantitative estimate of drug-likeness (QED) is 0.181. The molecule has 3 rings (SSSR count). The van der Waals surface area contributed by atoms with Crippen molar-refractivity contribution in [3.8, 4) is 0 Å². The van der Waals surface area contributed by atoms with Crippen LogP contribution in [0.25, 0.3) is 0 Å². The van der Waals surface area contributed by atoms with Crippen molar-refractivity contribution in [3.05, 3.63) is 0 Å². The molecule has 0 radical (unpaired) electrons. The number of unbranched alkanes of at least 4 members (excludes halogenated alkanes) is 4. The fourth-order valence-electron chi connectivity index (χ4n) is 8.72. The van der Waals surface area contributed by atoms with Gasteiger partial charge in [0.2, 0.25) is 17.8 Å². The van der Waals surface area contributed by atoms with E-state index in [9.17, 15) is 19.8 Å². The number of hydrogen-bond acceptors (Lipinski definition) is 12. The number of rotatable bonds is 19. The van der Waals surface area contributed by atoms with E-state index >= 15 is 0 Å². The summed E-state index contributed by atoms with van der Waals surface area (Å²) in [6.07, 6.45) is 8.68. The normalized spacial score (nSPS) is 20.8. The molecule has 12 heteroatoms. The highest BCUT2D eigenvalue weighted by Gasteiger charge is 2.42. The highest BCUT2D eigenvalue weighted by Crippen LogP contribution is 2.36. The summed E-state index contributed by atoms with van der Waals surface area (Å²) in [5.74, 6) is -0.900. The van der Waals surface area contributed by atoms with Crippen LogP contribution in [0.1, 0.15) is 146 Å². The summed E-state index contributed by atoms with van der Waals surface area (Å²) in [6.45, 7) is 24.2. The van der Waals surface area contributed by atoms with Crippen molar-refractivity contribution >= 4 is 29.8 Å². The van der Waals surface area contributed by atoms with Crippen molar-refractivity contribution in [2.45, 2.75) is 181 Å². The van der Waals surface area contributed by atoms with Crippen LogP contribution in [0.15, 0.2) is 0 Å². The van der Waals surface area contributed by atoms with Gasteiger partial charge in [0, 0.05) is 71.7 Å². The second-order valence-corrected chi connectivity index (χ2v) is 17.2. The Labute approximate surface area is 296 Å². The Bertz CT molecular complexity index is 1140. The molecule has 2 aliphatic rings. The van der Waals surface area contributed by atoms with Crippen LogP contribution in [-0.2, 0) is 9.59 Å². The number of carbonyl (C=O) groups is 2. The number of carboxylic acid groups (broad SMARTS) is 2. The molecular formula is C37H66N8O4-2. The Hall–Kier alpha value is -2.73. The molecule has 3 heterocycles. The number of piperidine rings is 2. The summed E-state index contributed by atoms with van der Waals surface area (Å²) >= 11 is 0. The van der Waals surface area contributed by atoms with E-state index in [2.05, 4.69) is 95.0 Å². The molecule has 3 N–H and O–H groups in total. The maximum absolute atomic E-state index is 12.0. The molecule has 1 unspecified atom stereocenters. The average Bonchev–Trinajstić information content (AvgIpc) is 2.93. The highest BCUT2D eigenvalue weighted by molar-refractivity contribution is 5.67. The fourth-order valence-corrected chi connectivity index (χ4v) is 8.72. The first-order valence-corrected chi connectivity index (χ1v) is 18.8. The van der Waals surface area contributed by atoms with E-state index in [4.69, 9.17) is 15.0 Å². The molecule has 1 atom stereocenters. The number of carbonyl (C=O) groups excluding carboxylic acids is 2. The first kappa shape index (κ1) is 40.7. The van der Waals surface area contributed by atoms with E-state index in [0.29, 0.717) is 43.7 Å². The molecule has 0 saturated carbocycles. The van der Waals surface area contributed by atoms with Crippen molar-refractivity contribution in [3.63, 3.8) is 0 Å². The Morgan fingerprint density at radius 1 is 0.714 bits per heavy atom. The standard InChI is InChI=1S/C37H68N8O4/c1-11-44(27-22-34(3,4)42-35(5,6)23-27)32-39-31(38-21-20-26(30(48)49)18-16-14-13-15-17-19-29(46)47)40-33(41-32)45(12-2)28-24-36(7,8)43-37(9,10)25-28/h26-28,42-43H,11-25H2,1-10H3,(H,46,47)(H,48,49)(H,38,39,40,41)/p-2. The van der Waals surface area contributed by atoms with E-state index in [1.165, 1.54) is 0 Å². The zero-order valence-corrected chi connectivity index (χ0v) is 32.2. The minimum atomic E-state index is -1.04. The Morgan fingerprint density at radius 2 is 1.14 bits per heavy atom. The summed E-state index contributed by atoms with van der Waals surface area (Å²) in [4.78, 5) is 42.4. The third kappa shape index (κ3) is 12.8. The van der Waals surface area contributed by atoms with Crippen LogP contribution >= 0.6 is 0 Å². The molecule has 12 nitrogen and oxygen atoms in total. The van der Waals surface area contributed by atoms with Crippen LogP contribution in [0.4, 0.5) is 17.8 Å². The number of nitrogens with zero attached hydrogens (tertiary/aromatic N) is 5. The monoisotopic (exact) mass is 687 g/mol. The molecule has 0 aromatic carbocycles. The van der Waals surface area contributed by atoms with E-state index in [-0.39, 0.29) is 40.7 Å². The zero-order valence-electron chi connectivity index (χ0n) is 32.2. The molecule has 2 saturated heterocycles. The van der Waals surface area contributed by atoms with Gasteiger partial charge >= 0.3 is 0 Å². The topological polar surface area (TPSA) is 162 Å².